The highest BCUT2D eigenvalue weighted by molar-refractivity contribution is 5.96. The largest absolute Gasteiger partial charge is 0.479 e. The molecule has 5 rings (SSSR count). The van der Waals surface area contributed by atoms with Crippen molar-refractivity contribution in [3.05, 3.63) is 35.4 Å². The molecule has 0 N–H and O–H groups in total. The Balaban J connectivity index is 1.37. The van der Waals surface area contributed by atoms with Crippen molar-refractivity contribution in [3.63, 3.8) is 0 Å². The van der Waals surface area contributed by atoms with Crippen LogP contribution in [0.1, 0.15) is 34.5 Å². The topological polar surface area (TPSA) is 80.8 Å². The van der Waals surface area contributed by atoms with E-state index >= 15 is 0 Å². The number of fused-ring (bicyclic) bond motifs is 3. The number of ether oxygens (including phenoxy) is 1. The van der Waals surface area contributed by atoms with E-state index in [1.54, 1.807) is 17.9 Å². The molecule has 0 atom stereocenters. The minimum atomic E-state index is -0.0394. The SMILES string of the molecule is COc1nn(C)cc1C(=O)N1CCN(c2nccn3nc4c(c23)CCCC4)CC1. The molecule has 9 nitrogen and oxygen atoms in total. The zero-order valence-corrected chi connectivity index (χ0v) is 16.8. The van der Waals surface area contributed by atoms with Crippen LogP contribution in [0, 0.1) is 0 Å². The number of aromatic nitrogens is 5. The quantitative estimate of drug-likeness (QED) is 0.665. The normalized spacial score (nSPS) is 16.9. The van der Waals surface area contributed by atoms with Gasteiger partial charge in [0.1, 0.15) is 11.1 Å². The van der Waals surface area contributed by atoms with E-state index in [0.29, 0.717) is 24.5 Å². The molecule has 3 aromatic heterocycles. The maximum atomic E-state index is 12.9. The van der Waals surface area contributed by atoms with Crippen molar-refractivity contribution in [1.29, 1.82) is 0 Å². The van der Waals surface area contributed by atoms with Gasteiger partial charge in [0.25, 0.3) is 5.91 Å². The molecule has 3 aromatic rings. The number of carbonyl (C=O) groups is 1. The summed E-state index contributed by atoms with van der Waals surface area (Å²) in [7, 11) is 3.32. The second-order valence-electron chi connectivity index (χ2n) is 7.68. The highest BCUT2D eigenvalue weighted by atomic mass is 16.5. The molecule has 1 saturated heterocycles. The number of carbonyl (C=O) groups excluding carboxylic acids is 1. The van der Waals surface area contributed by atoms with Gasteiger partial charge in [-0.15, -0.1) is 5.10 Å². The second kappa shape index (κ2) is 7.06. The van der Waals surface area contributed by atoms with E-state index in [-0.39, 0.29) is 5.91 Å². The number of nitrogens with zero attached hydrogens (tertiary/aromatic N) is 7. The Labute approximate surface area is 168 Å². The van der Waals surface area contributed by atoms with Crippen LogP contribution in [0.2, 0.25) is 0 Å². The van der Waals surface area contributed by atoms with E-state index in [9.17, 15) is 4.79 Å². The van der Waals surface area contributed by atoms with Gasteiger partial charge in [0.05, 0.1) is 12.8 Å². The zero-order valence-electron chi connectivity index (χ0n) is 16.8. The van der Waals surface area contributed by atoms with Crippen LogP contribution >= 0.6 is 0 Å². The van der Waals surface area contributed by atoms with Gasteiger partial charge in [-0.05, 0) is 25.7 Å². The van der Waals surface area contributed by atoms with E-state index in [4.69, 9.17) is 14.8 Å². The van der Waals surface area contributed by atoms with Crippen LogP contribution in [0.4, 0.5) is 5.82 Å². The number of piperazine rings is 1. The molecule has 1 aliphatic carbocycles. The predicted molar refractivity (Wildman–Crippen MR) is 108 cm³/mol. The average molecular weight is 395 g/mol. The van der Waals surface area contributed by atoms with Crippen LogP contribution in [-0.4, -0.2) is 68.5 Å². The fraction of sp³-hybridized carbons (Fsp3) is 0.500. The number of amides is 1. The van der Waals surface area contributed by atoms with Crippen LogP contribution < -0.4 is 9.64 Å². The molecule has 2 aliphatic rings. The lowest BCUT2D eigenvalue weighted by Gasteiger charge is -2.35. The summed E-state index contributed by atoms with van der Waals surface area (Å²) < 4.78 is 8.84. The van der Waals surface area contributed by atoms with Crippen molar-refractivity contribution in [2.45, 2.75) is 25.7 Å². The Hall–Kier alpha value is -3.10. The third kappa shape index (κ3) is 3.01. The molecule has 9 heteroatoms. The lowest BCUT2D eigenvalue weighted by atomic mass is 9.97. The molecule has 1 aliphatic heterocycles. The predicted octanol–water partition coefficient (Wildman–Crippen LogP) is 1.31. The summed E-state index contributed by atoms with van der Waals surface area (Å²) in [6, 6.07) is 0. The van der Waals surface area contributed by atoms with Crippen LogP contribution in [0.5, 0.6) is 5.88 Å². The minimum Gasteiger partial charge on any atom is -0.479 e. The molecule has 4 heterocycles. The van der Waals surface area contributed by atoms with Gasteiger partial charge in [-0.2, -0.15) is 5.10 Å². The van der Waals surface area contributed by atoms with E-state index in [2.05, 4.69) is 10.00 Å². The average Bonchev–Trinajstić information content (AvgIpc) is 3.33. The monoisotopic (exact) mass is 395 g/mol. The molecule has 0 bridgehead atoms. The van der Waals surface area contributed by atoms with Crippen molar-refractivity contribution < 1.29 is 9.53 Å². The van der Waals surface area contributed by atoms with Gasteiger partial charge < -0.3 is 14.5 Å². The summed E-state index contributed by atoms with van der Waals surface area (Å²) in [5.74, 6) is 1.31. The fourth-order valence-corrected chi connectivity index (χ4v) is 4.44. The smallest absolute Gasteiger partial charge is 0.261 e. The molecule has 1 fully saturated rings. The maximum absolute atomic E-state index is 12.9. The standard InChI is InChI=1S/C20H25N7O2/c1-24-13-15(19(23-24)29-2)20(28)26-11-9-25(10-12-26)18-17-14-5-3-4-6-16(14)22-27(17)8-7-21-18/h7-8,13H,3-6,9-12H2,1-2H3. The van der Waals surface area contributed by atoms with E-state index in [1.165, 1.54) is 31.2 Å². The van der Waals surface area contributed by atoms with E-state index < -0.39 is 0 Å². The van der Waals surface area contributed by atoms with Gasteiger partial charge in [0.2, 0.25) is 5.88 Å². The van der Waals surface area contributed by atoms with Crippen molar-refractivity contribution in [1.82, 2.24) is 29.3 Å². The maximum Gasteiger partial charge on any atom is 0.261 e. The van der Waals surface area contributed by atoms with Gasteiger partial charge in [0, 0.05) is 57.4 Å². The lowest BCUT2D eigenvalue weighted by Crippen LogP contribution is -2.49. The van der Waals surface area contributed by atoms with Crippen molar-refractivity contribution in [3.8, 4) is 5.88 Å². The lowest BCUT2D eigenvalue weighted by molar-refractivity contribution is 0.0743. The van der Waals surface area contributed by atoms with Crippen LogP contribution in [-0.2, 0) is 19.9 Å². The zero-order chi connectivity index (χ0) is 20.0. The summed E-state index contributed by atoms with van der Waals surface area (Å²) in [6.07, 6.45) is 10.00. The molecule has 0 saturated carbocycles. The number of anilines is 1. The highest BCUT2D eigenvalue weighted by Gasteiger charge is 2.28. The minimum absolute atomic E-state index is 0.0394. The van der Waals surface area contributed by atoms with Crippen LogP contribution in [0.3, 0.4) is 0 Å². The number of hydrogen-bond donors (Lipinski definition) is 0. The van der Waals surface area contributed by atoms with Gasteiger partial charge in [0.15, 0.2) is 5.82 Å². The van der Waals surface area contributed by atoms with Crippen LogP contribution in [0.25, 0.3) is 5.52 Å². The third-order valence-corrected chi connectivity index (χ3v) is 5.88. The van der Waals surface area contributed by atoms with Crippen molar-refractivity contribution in [2.24, 2.45) is 7.05 Å². The molecule has 152 valence electrons. The number of hydrogen-bond acceptors (Lipinski definition) is 6. The van der Waals surface area contributed by atoms with Gasteiger partial charge in [-0.25, -0.2) is 9.50 Å². The van der Waals surface area contributed by atoms with E-state index in [0.717, 1.165) is 37.3 Å². The van der Waals surface area contributed by atoms with Gasteiger partial charge in [-0.1, -0.05) is 0 Å². The van der Waals surface area contributed by atoms with Gasteiger partial charge in [-0.3, -0.25) is 9.48 Å². The Morgan fingerprint density at radius 2 is 1.90 bits per heavy atom. The molecular weight excluding hydrogens is 370 g/mol. The number of aryl methyl sites for hydroxylation is 3. The molecular formula is C20H25N7O2. The number of methoxy groups -OCH3 is 1. The Kier molecular flexibility index (Phi) is 4.37. The Morgan fingerprint density at radius 3 is 2.69 bits per heavy atom. The summed E-state index contributed by atoms with van der Waals surface area (Å²) in [4.78, 5) is 21.8. The first-order chi connectivity index (χ1) is 14.2. The summed E-state index contributed by atoms with van der Waals surface area (Å²) in [5, 5.41) is 8.97. The fourth-order valence-electron chi connectivity index (χ4n) is 4.44. The highest BCUT2D eigenvalue weighted by Crippen LogP contribution is 2.30. The molecule has 29 heavy (non-hydrogen) atoms. The Bertz CT molecular complexity index is 1060. The van der Waals surface area contributed by atoms with Crippen LogP contribution in [0.15, 0.2) is 18.6 Å². The second-order valence-corrected chi connectivity index (χ2v) is 7.68. The molecule has 0 unspecified atom stereocenters. The van der Waals surface area contributed by atoms with Crippen molar-refractivity contribution >= 4 is 17.2 Å². The Morgan fingerprint density at radius 1 is 1.10 bits per heavy atom. The summed E-state index contributed by atoms with van der Waals surface area (Å²) in [5.41, 5.74) is 4.20. The molecule has 1 amide bonds. The third-order valence-electron chi connectivity index (χ3n) is 5.88. The summed E-state index contributed by atoms with van der Waals surface area (Å²) >= 11 is 0. The first-order valence-corrected chi connectivity index (χ1v) is 10.1. The molecule has 0 spiro atoms. The first kappa shape index (κ1) is 18.0. The van der Waals surface area contributed by atoms with E-state index in [1.807, 2.05) is 21.8 Å². The van der Waals surface area contributed by atoms with Gasteiger partial charge >= 0.3 is 0 Å². The van der Waals surface area contributed by atoms with Crippen molar-refractivity contribution in [2.75, 3.05) is 38.2 Å². The molecule has 0 radical (unpaired) electrons. The molecule has 0 aromatic carbocycles. The first-order valence-electron chi connectivity index (χ1n) is 10.1. The summed E-state index contributed by atoms with van der Waals surface area (Å²) in [6.45, 7) is 2.74. The number of rotatable bonds is 3.